The fraction of sp³-hybridized carbons (Fsp3) is 0.737. The van der Waals surface area contributed by atoms with Gasteiger partial charge >= 0.3 is 115 Å². The molecule has 0 radical (unpaired) electrons. The van der Waals surface area contributed by atoms with Crippen molar-refractivity contribution in [1.82, 2.24) is 4.90 Å². The Labute approximate surface area is 268 Å². The van der Waals surface area contributed by atoms with E-state index in [0.717, 1.165) is 6.42 Å². The van der Waals surface area contributed by atoms with Crippen molar-refractivity contribution in [2.24, 2.45) is 5.92 Å². The van der Waals surface area contributed by atoms with E-state index in [1.54, 1.807) is 27.7 Å². The van der Waals surface area contributed by atoms with E-state index in [1.165, 1.54) is 11.8 Å². The number of nitrogens with zero attached hydrogens (tertiary/aromatic N) is 1. The number of carbonyl (C=O) groups excluding carboxylic acids is 5. The van der Waals surface area contributed by atoms with Gasteiger partial charge in [-0.25, -0.2) is 4.79 Å². The fourth-order valence-corrected chi connectivity index (χ4v) is 2.54. The molecule has 1 aliphatic heterocycles. The number of aliphatic carboxylic acids is 2. The Morgan fingerprint density at radius 3 is 1.90 bits per heavy atom. The first-order valence-corrected chi connectivity index (χ1v) is 9.43. The Balaban J connectivity index is -0.000000611. The maximum Gasteiger partial charge on any atom is 1.00 e. The quantitative estimate of drug-likeness (QED) is 0.191. The van der Waals surface area contributed by atoms with Crippen molar-refractivity contribution in [3.63, 3.8) is 0 Å². The monoisotopic (exact) mass is 493 g/mol. The van der Waals surface area contributed by atoms with Crippen LogP contribution in [0, 0.1) is 5.92 Å². The number of hydrogen-bond donors (Lipinski definition) is 0. The topological polar surface area (TPSA) is 153 Å². The van der Waals surface area contributed by atoms with Crippen LogP contribution < -0.4 is 113 Å². The van der Waals surface area contributed by atoms with Gasteiger partial charge in [0.15, 0.2) is 5.78 Å². The number of carbonyl (C=O) groups is 5. The van der Waals surface area contributed by atoms with Gasteiger partial charge in [0.25, 0.3) is 0 Å². The molecule has 1 aliphatic rings. The maximum atomic E-state index is 12.1. The molecule has 12 heteroatoms. The molecule has 166 valence electrons. The van der Waals surface area contributed by atoms with Crippen LogP contribution in [0.2, 0.25) is 0 Å². The summed E-state index contributed by atoms with van der Waals surface area (Å²) in [6.45, 7) is 9.17. The van der Waals surface area contributed by atoms with E-state index in [2.05, 4.69) is 0 Å². The summed E-state index contributed by atoms with van der Waals surface area (Å²) >= 11 is 0. The molecule has 1 saturated heterocycles. The zero-order valence-electron chi connectivity index (χ0n) is 19.5. The third kappa shape index (κ3) is 15.2. The second-order valence-electron chi connectivity index (χ2n) is 7.38. The van der Waals surface area contributed by atoms with Crippen molar-refractivity contribution in [3.05, 3.63) is 0 Å². The average Bonchev–Trinajstić information content (AvgIpc) is 3.03. The number of esters is 1. The zero-order chi connectivity index (χ0) is 22.8. The molecule has 0 saturated carbocycles. The Hall–Kier alpha value is 0.623. The van der Waals surface area contributed by atoms with Gasteiger partial charge in [0.05, 0.1) is 24.6 Å². The van der Waals surface area contributed by atoms with Crippen molar-refractivity contribution in [2.45, 2.75) is 71.9 Å². The first kappa shape index (κ1) is 36.2. The minimum atomic E-state index is -1.59. The number of ketones is 1. The predicted molar refractivity (Wildman–Crippen MR) is 96.0 cm³/mol. The molecule has 0 aromatic carbocycles. The molecular formula is C19H29K2NO9. The molecule has 31 heavy (non-hydrogen) atoms. The Kier molecular flexibility index (Phi) is 21.0. The van der Waals surface area contributed by atoms with Gasteiger partial charge in [0, 0.05) is 12.5 Å². The van der Waals surface area contributed by atoms with E-state index in [0.29, 0.717) is 13.0 Å². The predicted octanol–water partition coefficient (Wildman–Crippen LogP) is -6.57. The summed E-state index contributed by atoms with van der Waals surface area (Å²) in [6.07, 6.45) is 0.510. The molecule has 1 rings (SSSR count). The van der Waals surface area contributed by atoms with Crippen LogP contribution in [0.15, 0.2) is 0 Å². The fourth-order valence-electron chi connectivity index (χ4n) is 2.54. The summed E-state index contributed by atoms with van der Waals surface area (Å²) in [7, 11) is 0. The molecule has 1 atom stereocenters. The molecule has 0 aromatic heterocycles. The summed E-state index contributed by atoms with van der Waals surface area (Å²) < 4.78 is 10.0. The van der Waals surface area contributed by atoms with Crippen molar-refractivity contribution in [1.29, 1.82) is 0 Å². The maximum absolute atomic E-state index is 12.1. The largest absolute Gasteiger partial charge is 1.00 e. The number of carboxylic acids is 2. The van der Waals surface area contributed by atoms with E-state index in [4.69, 9.17) is 9.47 Å². The Bertz CT molecular complexity index is 606. The molecule has 0 unspecified atom stereocenters. The normalized spacial score (nSPS) is 14.9. The molecule has 0 spiro atoms. The molecule has 1 fully saturated rings. The van der Waals surface area contributed by atoms with Gasteiger partial charge in [0.1, 0.15) is 12.0 Å². The van der Waals surface area contributed by atoms with Gasteiger partial charge < -0.3 is 29.3 Å². The number of ether oxygens (including phenoxy) is 2. The summed E-state index contributed by atoms with van der Waals surface area (Å²) in [6, 6.07) is -0.575. The van der Waals surface area contributed by atoms with Crippen molar-refractivity contribution in [3.8, 4) is 0 Å². The molecule has 0 aromatic rings. The van der Waals surface area contributed by atoms with Crippen molar-refractivity contribution in [2.75, 3.05) is 13.2 Å². The molecule has 0 N–H and O–H groups in total. The SMILES string of the molecule is CCC(C(=O)[O-])C(=O)[O-].CCOC(=O)CC(=O)[C@@H]1CCCN1C(=O)OC(C)(C)C.[K+].[K+]. The van der Waals surface area contributed by atoms with Crippen molar-refractivity contribution < 1.29 is 146 Å². The number of Topliss-reactive ketones (excluding diaryl/α,β-unsaturated/α-hetero) is 1. The number of amides is 1. The number of rotatable bonds is 7. The van der Waals surface area contributed by atoms with E-state index in [-0.39, 0.29) is 128 Å². The smallest absolute Gasteiger partial charge is 0.549 e. The van der Waals surface area contributed by atoms with Crippen LogP contribution in [0.5, 0.6) is 0 Å². The minimum Gasteiger partial charge on any atom is -0.549 e. The van der Waals surface area contributed by atoms with E-state index >= 15 is 0 Å². The first-order chi connectivity index (χ1) is 13.3. The Morgan fingerprint density at radius 2 is 1.55 bits per heavy atom. The van der Waals surface area contributed by atoms with E-state index < -0.39 is 41.6 Å². The van der Waals surface area contributed by atoms with Crippen LogP contribution in [0.3, 0.4) is 0 Å². The van der Waals surface area contributed by atoms with Gasteiger partial charge in [-0.2, -0.15) is 0 Å². The van der Waals surface area contributed by atoms with Gasteiger partial charge in [-0.05, 0) is 47.0 Å². The average molecular weight is 494 g/mol. The van der Waals surface area contributed by atoms with E-state index in [9.17, 15) is 34.2 Å². The molecule has 10 nitrogen and oxygen atoms in total. The number of carboxylic acid groups (broad SMARTS) is 2. The number of hydrogen-bond acceptors (Lipinski definition) is 9. The van der Waals surface area contributed by atoms with E-state index in [1.807, 2.05) is 0 Å². The van der Waals surface area contributed by atoms with Gasteiger partial charge in [-0.15, -0.1) is 0 Å². The molecule has 1 amide bonds. The minimum absolute atomic E-state index is 0. The second kappa shape index (κ2) is 18.0. The molecule has 0 aliphatic carbocycles. The molecule has 1 heterocycles. The standard InChI is InChI=1S/C14H23NO5.C5H8O4.2K/c1-5-19-12(17)9-11(16)10-7-6-8-15(10)13(18)20-14(2,3)4;1-2-3(4(6)7)5(8)9;;/h10H,5-9H2,1-4H3;3H,2H2,1H3,(H,6,7)(H,8,9);;/q;;2*+1/p-2/t10-;;;/m0.../s1. The number of likely N-dealkylation sites (tertiary alicyclic amines) is 1. The Morgan fingerprint density at radius 1 is 1.03 bits per heavy atom. The zero-order valence-corrected chi connectivity index (χ0v) is 25.8. The van der Waals surface area contributed by atoms with Crippen LogP contribution in [0.1, 0.15) is 60.3 Å². The van der Waals surface area contributed by atoms with Crippen LogP contribution in [0.25, 0.3) is 0 Å². The summed E-state index contributed by atoms with van der Waals surface area (Å²) in [5.41, 5.74) is -0.603. The first-order valence-electron chi connectivity index (χ1n) is 9.43. The third-order valence-corrected chi connectivity index (χ3v) is 3.85. The summed E-state index contributed by atoms with van der Waals surface area (Å²) in [4.78, 5) is 56.5. The van der Waals surface area contributed by atoms with Crippen LogP contribution in [0.4, 0.5) is 4.79 Å². The van der Waals surface area contributed by atoms with Gasteiger partial charge in [-0.1, -0.05) is 6.92 Å². The molecular weight excluding hydrogens is 464 g/mol. The van der Waals surface area contributed by atoms with Crippen LogP contribution in [-0.2, 0) is 28.7 Å². The van der Waals surface area contributed by atoms with Crippen LogP contribution >= 0.6 is 0 Å². The van der Waals surface area contributed by atoms with Crippen LogP contribution in [-0.4, -0.2) is 59.5 Å². The summed E-state index contributed by atoms with van der Waals surface area (Å²) in [5.74, 6) is -5.47. The second-order valence-corrected chi connectivity index (χ2v) is 7.38. The molecule has 0 bridgehead atoms. The van der Waals surface area contributed by atoms with Gasteiger partial charge in [-0.3, -0.25) is 14.5 Å². The third-order valence-electron chi connectivity index (χ3n) is 3.85. The summed E-state index contributed by atoms with van der Waals surface area (Å²) in [5, 5.41) is 19.7. The van der Waals surface area contributed by atoms with Gasteiger partial charge in [0.2, 0.25) is 0 Å². The van der Waals surface area contributed by atoms with Crippen molar-refractivity contribution >= 4 is 29.8 Å².